The summed E-state index contributed by atoms with van der Waals surface area (Å²) in [4.78, 5) is 35.1. The SMILES string of the molecule is COC(=O)c1ccc2nc(Cc3cc(F)c(-c4cccc(OCc5ccc(C#N)cc5F)n4)cc3F)n(CC3CCN3C(C)=O)c2c1. The van der Waals surface area contributed by atoms with E-state index < -0.39 is 23.4 Å². The molecule has 3 heterocycles. The van der Waals surface area contributed by atoms with E-state index >= 15 is 8.78 Å². The van der Waals surface area contributed by atoms with Gasteiger partial charge in [-0.1, -0.05) is 12.1 Å². The lowest BCUT2D eigenvalue weighted by molar-refractivity contribution is -0.136. The molecule has 0 spiro atoms. The van der Waals surface area contributed by atoms with Gasteiger partial charge in [-0.2, -0.15) is 5.26 Å². The van der Waals surface area contributed by atoms with Crippen LogP contribution in [0.3, 0.4) is 0 Å². The summed E-state index contributed by atoms with van der Waals surface area (Å²) >= 11 is 0. The Kier molecular flexibility index (Phi) is 8.63. The molecule has 2 aromatic heterocycles. The number of amides is 1. The molecule has 0 saturated carbocycles. The molecule has 1 aliphatic heterocycles. The van der Waals surface area contributed by atoms with Crippen LogP contribution in [0.1, 0.15) is 46.2 Å². The minimum atomic E-state index is -0.721. The van der Waals surface area contributed by atoms with Gasteiger partial charge in [-0.25, -0.2) is 27.9 Å². The highest BCUT2D eigenvalue weighted by molar-refractivity contribution is 5.93. The number of carbonyl (C=O) groups excluding carboxylic acids is 2. The van der Waals surface area contributed by atoms with Gasteiger partial charge in [-0.15, -0.1) is 0 Å². The van der Waals surface area contributed by atoms with Crippen molar-refractivity contribution in [1.82, 2.24) is 19.4 Å². The fourth-order valence-electron chi connectivity index (χ4n) is 5.63. The number of imidazole rings is 1. The highest BCUT2D eigenvalue weighted by Gasteiger charge is 2.31. The number of esters is 1. The Hall–Kier alpha value is -5.70. The van der Waals surface area contributed by atoms with Gasteiger partial charge in [0.15, 0.2) is 0 Å². The fourth-order valence-corrected chi connectivity index (χ4v) is 5.63. The zero-order valence-electron chi connectivity index (χ0n) is 25.5. The molecule has 47 heavy (non-hydrogen) atoms. The standard InChI is InChI=1S/C35H28F3N5O4/c1-20(44)42-11-10-25(42)18-43-32-14-22(35(45)46-2)8-9-31(32)40-33(43)15-24-13-29(38)26(16-28(24)37)30-4-3-5-34(41-30)47-19-23-7-6-21(17-39)12-27(23)36/h3-9,12-14,16,25H,10-11,15,18-19H2,1-2H3. The van der Waals surface area contributed by atoms with Crippen molar-refractivity contribution in [2.75, 3.05) is 13.7 Å². The first-order valence-electron chi connectivity index (χ1n) is 14.8. The number of hydrogen-bond donors (Lipinski definition) is 0. The Morgan fingerprint density at radius 1 is 0.979 bits per heavy atom. The first-order valence-corrected chi connectivity index (χ1v) is 14.8. The van der Waals surface area contributed by atoms with E-state index in [4.69, 9.17) is 14.7 Å². The molecule has 5 aromatic rings. The number of carbonyl (C=O) groups is 2. The second-order valence-electron chi connectivity index (χ2n) is 11.2. The van der Waals surface area contributed by atoms with Crippen LogP contribution in [-0.4, -0.2) is 51.0 Å². The molecule has 9 nitrogen and oxygen atoms in total. The van der Waals surface area contributed by atoms with Crippen molar-refractivity contribution in [2.24, 2.45) is 0 Å². The lowest BCUT2D eigenvalue weighted by atomic mass is 10.0. The molecule has 1 saturated heterocycles. The minimum Gasteiger partial charge on any atom is -0.473 e. The molecule has 1 unspecified atom stereocenters. The number of halogens is 3. The number of nitriles is 1. The van der Waals surface area contributed by atoms with Crippen molar-refractivity contribution in [2.45, 2.75) is 39.0 Å². The number of hydrogen-bond acceptors (Lipinski definition) is 7. The molecule has 0 bridgehead atoms. The zero-order valence-corrected chi connectivity index (χ0v) is 25.5. The van der Waals surface area contributed by atoms with Crippen LogP contribution in [0.5, 0.6) is 5.88 Å². The molecule has 1 amide bonds. The summed E-state index contributed by atoms with van der Waals surface area (Å²) in [6.45, 7) is 2.31. The number of fused-ring (bicyclic) bond motifs is 1. The molecular weight excluding hydrogens is 611 g/mol. The second-order valence-corrected chi connectivity index (χ2v) is 11.2. The van der Waals surface area contributed by atoms with Gasteiger partial charge in [0, 0.05) is 43.6 Å². The summed E-state index contributed by atoms with van der Waals surface area (Å²) in [5.41, 5.74) is 1.93. The first kappa shape index (κ1) is 31.3. The van der Waals surface area contributed by atoms with E-state index in [-0.39, 0.29) is 58.8 Å². The maximum Gasteiger partial charge on any atom is 0.337 e. The van der Waals surface area contributed by atoms with Crippen LogP contribution >= 0.6 is 0 Å². The minimum absolute atomic E-state index is 0.0525. The van der Waals surface area contributed by atoms with Crippen molar-refractivity contribution in [1.29, 1.82) is 5.26 Å². The summed E-state index contributed by atoms with van der Waals surface area (Å²) in [6, 6.07) is 17.4. The summed E-state index contributed by atoms with van der Waals surface area (Å²) in [5.74, 6) is -2.08. The predicted octanol–water partition coefficient (Wildman–Crippen LogP) is 5.96. The number of pyridine rings is 1. The van der Waals surface area contributed by atoms with E-state index in [1.807, 2.05) is 10.6 Å². The molecule has 1 atom stereocenters. The van der Waals surface area contributed by atoms with Crippen LogP contribution in [0.4, 0.5) is 13.2 Å². The topological polar surface area (TPSA) is 110 Å². The number of benzene rings is 3. The fraction of sp³-hybridized carbons (Fsp3) is 0.229. The highest BCUT2D eigenvalue weighted by Crippen LogP contribution is 2.30. The van der Waals surface area contributed by atoms with E-state index in [1.165, 1.54) is 38.3 Å². The van der Waals surface area contributed by atoms with Gasteiger partial charge in [-0.05, 0) is 60.5 Å². The van der Waals surface area contributed by atoms with E-state index in [2.05, 4.69) is 9.97 Å². The van der Waals surface area contributed by atoms with Gasteiger partial charge in [-0.3, -0.25) is 4.79 Å². The normalized spacial score (nSPS) is 14.0. The van der Waals surface area contributed by atoms with Crippen molar-refractivity contribution in [3.05, 3.63) is 112 Å². The Morgan fingerprint density at radius 3 is 2.49 bits per heavy atom. The molecule has 0 aliphatic carbocycles. The Balaban J connectivity index is 1.28. The lowest BCUT2D eigenvalue weighted by Crippen LogP contribution is -2.52. The molecule has 12 heteroatoms. The Bertz CT molecular complexity index is 2070. The smallest absolute Gasteiger partial charge is 0.337 e. The van der Waals surface area contributed by atoms with Crippen molar-refractivity contribution in [3.8, 4) is 23.2 Å². The van der Waals surface area contributed by atoms with Crippen molar-refractivity contribution >= 4 is 22.9 Å². The summed E-state index contributed by atoms with van der Waals surface area (Å²) in [7, 11) is 1.28. The maximum absolute atomic E-state index is 15.6. The maximum atomic E-state index is 15.6. The third-order valence-electron chi connectivity index (χ3n) is 8.23. The quantitative estimate of drug-likeness (QED) is 0.183. The molecule has 3 aromatic carbocycles. The van der Waals surface area contributed by atoms with Crippen LogP contribution in [0.25, 0.3) is 22.3 Å². The number of methoxy groups -OCH3 is 1. The molecule has 6 rings (SSSR count). The van der Waals surface area contributed by atoms with Gasteiger partial charge in [0.2, 0.25) is 11.8 Å². The largest absolute Gasteiger partial charge is 0.473 e. The molecule has 1 aliphatic rings. The van der Waals surface area contributed by atoms with E-state index in [1.54, 1.807) is 29.2 Å². The third kappa shape index (κ3) is 6.37. The predicted molar refractivity (Wildman–Crippen MR) is 165 cm³/mol. The highest BCUT2D eigenvalue weighted by atomic mass is 19.1. The average Bonchev–Trinajstić information content (AvgIpc) is 3.39. The Morgan fingerprint density at radius 2 is 1.79 bits per heavy atom. The van der Waals surface area contributed by atoms with Gasteiger partial charge in [0.05, 0.1) is 47.1 Å². The van der Waals surface area contributed by atoms with E-state index in [0.29, 0.717) is 35.5 Å². The molecule has 0 radical (unpaired) electrons. The summed E-state index contributed by atoms with van der Waals surface area (Å²) in [6.07, 6.45) is 0.704. The van der Waals surface area contributed by atoms with Crippen LogP contribution in [0.2, 0.25) is 0 Å². The van der Waals surface area contributed by atoms with Gasteiger partial charge >= 0.3 is 5.97 Å². The number of aromatic nitrogens is 3. The third-order valence-corrected chi connectivity index (χ3v) is 8.23. The first-order chi connectivity index (χ1) is 22.6. The summed E-state index contributed by atoms with van der Waals surface area (Å²) < 4.78 is 57.8. The van der Waals surface area contributed by atoms with E-state index in [0.717, 1.165) is 24.6 Å². The van der Waals surface area contributed by atoms with Crippen LogP contribution in [0.15, 0.2) is 66.7 Å². The average molecular weight is 640 g/mol. The van der Waals surface area contributed by atoms with Crippen molar-refractivity contribution in [3.63, 3.8) is 0 Å². The summed E-state index contributed by atoms with van der Waals surface area (Å²) in [5, 5.41) is 8.93. The van der Waals surface area contributed by atoms with Crippen LogP contribution in [0, 0.1) is 28.8 Å². The lowest BCUT2D eigenvalue weighted by Gasteiger charge is -2.41. The van der Waals surface area contributed by atoms with Gasteiger partial charge in [0.1, 0.15) is 29.9 Å². The molecule has 238 valence electrons. The second kappa shape index (κ2) is 13.0. The Labute approximate surface area is 267 Å². The molecular formula is C35H28F3N5O4. The van der Waals surface area contributed by atoms with E-state index in [9.17, 15) is 14.0 Å². The monoisotopic (exact) mass is 639 g/mol. The molecule has 0 N–H and O–H groups in total. The van der Waals surface area contributed by atoms with Crippen LogP contribution < -0.4 is 4.74 Å². The number of nitrogens with zero attached hydrogens (tertiary/aromatic N) is 5. The van der Waals surface area contributed by atoms with Crippen molar-refractivity contribution < 1.29 is 32.2 Å². The number of ether oxygens (including phenoxy) is 2. The zero-order chi connectivity index (χ0) is 33.2. The number of rotatable bonds is 9. The molecule has 1 fully saturated rings. The van der Waals surface area contributed by atoms with Gasteiger partial charge in [0.25, 0.3) is 0 Å². The number of likely N-dealkylation sites (tertiary alicyclic amines) is 1. The van der Waals surface area contributed by atoms with Gasteiger partial charge < -0.3 is 18.9 Å². The van der Waals surface area contributed by atoms with Crippen LogP contribution in [-0.2, 0) is 29.1 Å².